The van der Waals surface area contributed by atoms with Gasteiger partial charge in [0.05, 0.1) is 11.5 Å². The van der Waals surface area contributed by atoms with Crippen LogP contribution >= 0.6 is 0 Å². The Hall–Kier alpha value is -1.56. The Morgan fingerprint density at radius 1 is 1.40 bits per heavy atom. The highest BCUT2D eigenvalue weighted by Gasteiger charge is 2.30. The second-order valence-corrected chi connectivity index (χ2v) is 5.01. The van der Waals surface area contributed by atoms with Gasteiger partial charge in [-0.25, -0.2) is 0 Å². The average Bonchev–Trinajstić information content (AvgIpc) is 2.34. The Kier molecular flexibility index (Phi) is 5.56. The van der Waals surface area contributed by atoms with Crippen LogP contribution in [0.25, 0.3) is 0 Å². The van der Waals surface area contributed by atoms with Gasteiger partial charge in [-0.05, 0) is 30.4 Å². The van der Waals surface area contributed by atoms with Crippen molar-refractivity contribution in [3.8, 4) is 0 Å². The van der Waals surface area contributed by atoms with E-state index in [0.29, 0.717) is 18.4 Å². The van der Waals surface area contributed by atoms with Gasteiger partial charge in [-0.3, -0.25) is 4.79 Å². The first kappa shape index (κ1) is 16.5. The molecule has 6 heteroatoms. The molecule has 2 unspecified atom stereocenters. The highest BCUT2D eigenvalue weighted by atomic mass is 19.4. The molecule has 0 aliphatic rings. The third-order valence-electron chi connectivity index (χ3n) is 3.16. The van der Waals surface area contributed by atoms with E-state index < -0.39 is 23.6 Å². The highest BCUT2D eigenvalue weighted by Crippen LogP contribution is 2.30. The van der Waals surface area contributed by atoms with Crippen LogP contribution in [-0.4, -0.2) is 17.6 Å². The minimum absolute atomic E-state index is 0.0300. The maximum atomic E-state index is 12.6. The summed E-state index contributed by atoms with van der Waals surface area (Å²) in [5.41, 5.74) is 5.23. The molecule has 0 fully saturated rings. The fourth-order valence-corrected chi connectivity index (χ4v) is 2.14. The molecule has 0 saturated carbocycles. The van der Waals surface area contributed by atoms with Crippen molar-refractivity contribution in [1.82, 2.24) is 0 Å². The molecule has 1 aromatic carbocycles. The van der Waals surface area contributed by atoms with Crippen molar-refractivity contribution in [3.63, 3.8) is 0 Å². The van der Waals surface area contributed by atoms with Gasteiger partial charge in [0.25, 0.3) is 0 Å². The van der Waals surface area contributed by atoms with Gasteiger partial charge in [-0.2, -0.15) is 13.2 Å². The fraction of sp³-hybridized carbons (Fsp3) is 0.500. The summed E-state index contributed by atoms with van der Waals surface area (Å²) in [6, 6.07) is 5.11. The summed E-state index contributed by atoms with van der Waals surface area (Å²) in [5, 5.41) is 8.91. The zero-order valence-corrected chi connectivity index (χ0v) is 11.2. The van der Waals surface area contributed by atoms with E-state index in [4.69, 9.17) is 10.8 Å². The number of carboxylic acid groups (broad SMARTS) is 1. The lowest BCUT2D eigenvalue weighted by molar-refractivity contribution is -0.142. The number of carbonyl (C=O) groups is 1. The molecule has 3 nitrogen and oxygen atoms in total. The number of nitrogens with two attached hydrogens (primary N) is 1. The molecule has 0 bridgehead atoms. The van der Waals surface area contributed by atoms with E-state index in [1.54, 1.807) is 6.07 Å². The molecule has 0 aromatic heterocycles. The molecule has 0 saturated heterocycles. The quantitative estimate of drug-likeness (QED) is 0.846. The molecule has 20 heavy (non-hydrogen) atoms. The van der Waals surface area contributed by atoms with E-state index in [1.165, 1.54) is 6.07 Å². The molecule has 2 atom stereocenters. The first-order chi connectivity index (χ1) is 9.24. The minimum Gasteiger partial charge on any atom is -0.481 e. The molecule has 0 radical (unpaired) electrons. The molecule has 0 aliphatic carbocycles. The number of halogens is 3. The molecular weight excluding hydrogens is 271 g/mol. The van der Waals surface area contributed by atoms with Crippen LogP contribution in [-0.2, 0) is 17.4 Å². The van der Waals surface area contributed by atoms with Crippen molar-refractivity contribution in [2.75, 3.05) is 6.54 Å². The molecule has 3 N–H and O–H groups in total. The van der Waals surface area contributed by atoms with Crippen LogP contribution in [0.3, 0.4) is 0 Å². The zero-order chi connectivity index (χ0) is 15.3. The van der Waals surface area contributed by atoms with Crippen molar-refractivity contribution >= 4 is 5.97 Å². The van der Waals surface area contributed by atoms with Gasteiger partial charge in [0.15, 0.2) is 0 Å². The second-order valence-electron chi connectivity index (χ2n) is 5.01. The van der Waals surface area contributed by atoms with Crippen LogP contribution in [0.4, 0.5) is 13.2 Å². The van der Waals surface area contributed by atoms with Crippen molar-refractivity contribution in [1.29, 1.82) is 0 Å². The normalized spacial score (nSPS) is 14.8. The van der Waals surface area contributed by atoms with E-state index in [-0.39, 0.29) is 12.5 Å². The van der Waals surface area contributed by atoms with Crippen molar-refractivity contribution < 1.29 is 23.1 Å². The van der Waals surface area contributed by atoms with Crippen LogP contribution in [0.15, 0.2) is 24.3 Å². The summed E-state index contributed by atoms with van der Waals surface area (Å²) in [7, 11) is 0. The Morgan fingerprint density at radius 3 is 2.55 bits per heavy atom. The minimum atomic E-state index is -4.36. The molecule has 0 amide bonds. The van der Waals surface area contributed by atoms with Crippen LogP contribution in [0.2, 0.25) is 0 Å². The molecule has 1 aromatic rings. The number of carboxylic acids is 1. The number of hydrogen-bond acceptors (Lipinski definition) is 2. The molecule has 1 rings (SSSR count). The number of aliphatic carboxylic acids is 1. The van der Waals surface area contributed by atoms with Gasteiger partial charge in [0.1, 0.15) is 0 Å². The summed E-state index contributed by atoms with van der Waals surface area (Å²) in [4.78, 5) is 10.9. The number of benzene rings is 1. The van der Waals surface area contributed by atoms with Gasteiger partial charge in [0.2, 0.25) is 0 Å². The monoisotopic (exact) mass is 289 g/mol. The average molecular weight is 289 g/mol. The highest BCUT2D eigenvalue weighted by molar-refractivity contribution is 5.70. The topological polar surface area (TPSA) is 63.3 Å². The molecule has 0 heterocycles. The van der Waals surface area contributed by atoms with Gasteiger partial charge >= 0.3 is 12.1 Å². The van der Waals surface area contributed by atoms with E-state index in [2.05, 4.69) is 0 Å². The SMILES string of the molecule is CC(Cc1cccc(C(F)(F)F)c1)CC(CN)C(=O)O. The Bertz CT molecular complexity index is 460. The number of hydrogen-bond donors (Lipinski definition) is 2. The third kappa shape index (κ3) is 4.85. The van der Waals surface area contributed by atoms with Gasteiger partial charge in [-0.1, -0.05) is 25.1 Å². The van der Waals surface area contributed by atoms with E-state index in [0.717, 1.165) is 12.1 Å². The Balaban J connectivity index is 2.71. The summed E-state index contributed by atoms with van der Waals surface area (Å²) in [6.07, 6.45) is -3.62. The maximum Gasteiger partial charge on any atom is 0.416 e. The predicted molar refractivity (Wildman–Crippen MR) is 69.1 cm³/mol. The molecule has 0 spiro atoms. The van der Waals surface area contributed by atoms with Crippen molar-refractivity contribution in [2.24, 2.45) is 17.6 Å². The van der Waals surface area contributed by atoms with Crippen LogP contribution < -0.4 is 5.73 Å². The Morgan fingerprint density at radius 2 is 2.05 bits per heavy atom. The third-order valence-corrected chi connectivity index (χ3v) is 3.16. The van der Waals surface area contributed by atoms with Crippen molar-refractivity contribution in [3.05, 3.63) is 35.4 Å². The zero-order valence-electron chi connectivity index (χ0n) is 11.2. The van der Waals surface area contributed by atoms with Crippen LogP contribution in [0, 0.1) is 11.8 Å². The maximum absolute atomic E-state index is 12.6. The lowest BCUT2D eigenvalue weighted by Crippen LogP contribution is -2.25. The van der Waals surface area contributed by atoms with Gasteiger partial charge < -0.3 is 10.8 Å². The lowest BCUT2D eigenvalue weighted by atomic mass is 9.90. The number of rotatable bonds is 6. The predicted octanol–water partition coefficient (Wildman–Crippen LogP) is 2.93. The van der Waals surface area contributed by atoms with Gasteiger partial charge in [0, 0.05) is 6.54 Å². The van der Waals surface area contributed by atoms with Crippen LogP contribution in [0.5, 0.6) is 0 Å². The molecule has 0 aliphatic heterocycles. The number of alkyl halides is 3. The summed E-state index contributed by atoms with van der Waals surface area (Å²) in [6.45, 7) is 1.84. The smallest absolute Gasteiger partial charge is 0.416 e. The lowest BCUT2D eigenvalue weighted by Gasteiger charge is -2.17. The van der Waals surface area contributed by atoms with Gasteiger partial charge in [-0.15, -0.1) is 0 Å². The van der Waals surface area contributed by atoms with E-state index in [9.17, 15) is 18.0 Å². The Labute approximate surface area is 115 Å². The summed E-state index contributed by atoms with van der Waals surface area (Å²) < 4.78 is 37.7. The fourth-order valence-electron chi connectivity index (χ4n) is 2.14. The first-order valence-electron chi connectivity index (χ1n) is 6.33. The largest absolute Gasteiger partial charge is 0.481 e. The summed E-state index contributed by atoms with van der Waals surface area (Å²) >= 11 is 0. The standard InChI is InChI=1S/C14H18F3NO2/c1-9(6-11(8-18)13(19)20)5-10-3-2-4-12(7-10)14(15,16)17/h2-4,7,9,11H,5-6,8,18H2,1H3,(H,19,20). The van der Waals surface area contributed by atoms with E-state index >= 15 is 0 Å². The summed E-state index contributed by atoms with van der Waals surface area (Å²) in [5.74, 6) is -1.68. The van der Waals surface area contributed by atoms with Crippen molar-refractivity contribution in [2.45, 2.75) is 25.9 Å². The second kappa shape index (κ2) is 6.74. The van der Waals surface area contributed by atoms with Crippen LogP contribution in [0.1, 0.15) is 24.5 Å². The molecule has 112 valence electrons. The first-order valence-corrected chi connectivity index (χ1v) is 6.33. The molecular formula is C14H18F3NO2. The van der Waals surface area contributed by atoms with E-state index in [1.807, 2.05) is 6.92 Å².